The van der Waals surface area contributed by atoms with Crippen LogP contribution in [-0.4, -0.2) is 0 Å². The fourth-order valence-corrected chi connectivity index (χ4v) is 3.25. The highest BCUT2D eigenvalue weighted by atomic mass is 14.9. The first-order valence-electron chi connectivity index (χ1n) is 7.61. The second-order valence-corrected chi connectivity index (χ2v) is 5.87. The predicted molar refractivity (Wildman–Crippen MR) is 92.8 cm³/mol. The molecule has 0 bridgehead atoms. The van der Waals surface area contributed by atoms with E-state index in [2.05, 4.69) is 91.5 Å². The van der Waals surface area contributed by atoms with Crippen molar-refractivity contribution >= 4 is 21.5 Å². The van der Waals surface area contributed by atoms with Gasteiger partial charge in [0.05, 0.1) is 0 Å². The van der Waals surface area contributed by atoms with Gasteiger partial charge in [0.1, 0.15) is 7.05 Å². The average Bonchev–Trinajstić information content (AvgIpc) is 2.55. The van der Waals surface area contributed by atoms with Crippen LogP contribution in [0.5, 0.6) is 0 Å². The Labute approximate surface area is 130 Å². The van der Waals surface area contributed by atoms with Crippen LogP contribution in [0.4, 0.5) is 0 Å². The monoisotopic (exact) mass is 284 g/mol. The largest absolute Gasteiger partial charge is 0.212 e. The molecular weight excluding hydrogens is 266 g/mol. The van der Waals surface area contributed by atoms with Crippen LogP contribution in [0.25, 0.3) is 32.8 Å². The molecule has 0 aliphatic carbocycles. The smallest absolute Gasteiger partial charge is 0.201 e. The Morgan fingerprint density at radius 2 is 1.50 bits per heavy atom. The van der Waals surface area contributed by atoms with Gasteiger partial charge in [0.15, 0.2) is 6.20 Å². The molecule has 1 heteroatoms. The number of rotatable bonds is 1. The van der Waals surface area contributed by atoms with Crippen LogP contribution in [0.15, 0.2) is 72.9 Å². The van der Waals surface area contributed by atoms with E-state index in [0.717, 1.165) is 0 Å². The minimum Gasteiger partial charge on any atom is -0.201 e. The molecule has 1 heterocycles. The standard InChI is InChI=1S/C21H18N/c1-15-13-17-11-10-16-7-3-4-8-18(16)20(17)14-19(15)21-9-5-6-12-22(21)2/h3-14H,1-2H3/q+1. The van der Waals surface area contributed by atoms with Crippen molar-refractivity contribution in [1.29, 1.82) is 0 Å². The van der Waals surface area contributed by atoms with Gasteiger partial charge in [-0.25, -0.2) is 4.57 Å². The number of nitrogens with zero attached hydrogens (tertiary/aromatic N) is 1. The van der Waals surface area contributed by atoms with Crippen LogP contribution < -0.4 is 4.57 Å². The van der Waals surface area contributed by atoms with Crippen LogP contribution in [0, 0.1) is 6.92 Å². The van der Waals surface area contributed by atoms with E-state index in [1.54, 1.807) is 0 Å². The molecule has 0 atom stereocenters. The van der Waals surface area contributed by atoms with E-state index in [4.69, 9.17) is 0 Å². The highest BCUT2D eigenvalue weighted by Crippen LogP contribution is 2.31. The zero-order valence-corrected chi connectivity index (χ0v) is 12.9. The van der Waals surface area contributed by atoms with Crippen LogP contribution in [-0.2, 0) is 7.05 Å². The first kappa shape index (κ1) is 13.0. The summed E-state index contributed by atoms with van der Waals surface area (Å²) >= 11 is 0. The number of pyridine rings is 1. The van der Waals surface area contributed by atoms with Gasteiger partial charge in [0.25, 0.3) is 0 Å². The van der Waals surface area contributed by atoms with Gasteiger partial charge in [-0.3, -0.25) is 0 Å². The molecule has 0 unspecified atom stereocenters. The quantitative estimate of drug-likeness (QED) is 0.349. The van der Waals surface area contributed by atoms with Crippen LogP contribution in [0.1, 0.15) is 5.56 Å². The molecule has 0 spiro atoms. The fourth-order valence-electron chi connectivity index (χ4n) is 3.25. The summed E-state index contributed by atoms with van der Waals surface area (Å²) in [5, 5.41) is 5.24. The summed E-state index contributed by atoms with van der Waals surface area (Å²) in [5.41, 5.74) is 3.85. The minimum atomic E-state index is 1.25. The van der Waals surface area contributed by atoms with Crippen molar-refractivity contribution in [3.8, 4) is 11.3 Å². The van der Waals surface area contributed by atoms with E-state index >= 15 is 0 Å². The minimum absolute atomic E-state index is 1.25. The summed E-state index contributed by atoms with van der Waals surface area (Å²) < 4.78 is 2.18. The molecule has 0 N–H and O–H groups in total. The zero-order chi connectivity index (χ0) is 15.1. The SMILES string of the molecule is Cc1cc2ccc3ccccc3c2cc1-c1cccc[n+]1C. The van der Waals surface area contributed by atoms with E-state index < -0.39 is 0 Å². The topological polar surface area (TPSA) is 3.88 Å². The number of benzene rings is 3. The molecule has 106 valence electrons. The third kappa shape index (κ3) is 1.98. The maximum Gasteiger partial charge on any atom is 0.212 e. The summed E-state index contributed by atoms with van der Waals surface area (Å²) in [6, 6.07) is 24.0. The first-order chi connectivity index (χ1) is 10.7. The molecule has 0 radical (unpaired) electrons. The van der Waals surface area contributed by atoms with Crippen molar-refractivity contribution in [3.63, 3.8) is 0 Å². The molecule has 0 amide bonds. The Morgan fingerprint density at radius 1 is 0.727 bits per heavy atom. The molecule has 0 fully saturated rings. The van der Waals surface area contributed by atoms with E-state index in [1.807, 2.05) is 0 Å². The maximum atomic E-state index is 2.34. The molecule has 1 nitrogen and oxygen atoms in total. The second-order valence-electron chi connectivity index (χ2n) is 5.87. The van der Waals surface area contributed by atoms with Gasteiger partial charge in [0, 0.05) is 17.7 Å². The molecule has 0 saturated carbocycles. The Hall–Kier alpha value is -2.67. The third-order valence-corrected chi connectivity index (χ3v) is 4.42. The normalized spacial score (nSPS) is 11.2. The number of hydrogen-bond donors (Lipinski definition) is 0. The summed E-state index contributed by atoms with van der Waals surface area (Å²) in [4.78, 5) is 0. The van der Waals surface area contributed by atoms with Crippen molar-refractivity contribution < 1.29 is 4.57 Å². The molecule has 0 aliphatic rings. The Balaban J connectivity index is 2.10. The summed E-state index contributed by atoms with van der Waals surface area (Å²) in [6.45, 7) is 2.19. The Bertz CT molecular complexity index is 999. The van der Waals surface area contributed by atoms with E-state index in [-0.39, 0.29) is 0 Å². The van der Waals surface area contributed by atoms with Crippen molar-refractivity contribution in [2.45, 2.75) is 6.92 Å². The van der Waals surface area contributed by atoms with E-state index in [0.29, 0.717) is 0 Å². The Morgan fingerprint density at radius 3 is 2.36 bits per heavy atom. The van der Waals surface area contributed by atoms with Gasteiger partial charge in [-0.05, 0) is 46.2 Å². The van der Waals surface area contributed by atoms with E-state index in [1.165, 1.54) is 38.4 Å². The summed E-state index contributed by atoms with van der Waals surface area (Å²) in [6.07, 6.45) is 2.10. The molecule has 22 heavy (non-hydrogen) atoms. The van der Waals surface area contributed by atoms with Gasteiger partial charge < -0.3 is 0 Å². The van der Waals surface area contributed by atoms with Crippen LogP contribution >= 0.6 is 0 Å². The van der Waals surface area contributed by atoms with Gasteiger partial charge in [-0.15, -0.1) is 0 Å². The number of aromatic nitrogens is 1. The van der Waals surface area contributed by atoms with Gasteiger partial charge in [-0.2, -0.15) is 0 Å². The molecule has 0 saturated heterocycles. The van der Waals surface area contributed by atoms with Crippen LogP contribution in [0.3, 0.4) is 0 Å². The lowest BCUT2D eigenvalue weighted by atomic mass is 9.95. The lowest BCUT2D eigenvalue weighted by molar-refractivity contribution is -0.660. The highest BCUT2D eigenvalue weighted by molar-refractivity contribution is 6.08. The van der Waals surface area contributed by atoms with Crippen molar-refractivity contribution in [2.75, 3.05) is 0 Å². The maximum absolute atomic E-state index is 2.34. The van der Waals surface area contributed by atoms with Crippen molar-refractivity contribution in [3.05, 3.63) is 78.5 Å². The summed E-state index contributed by atoms with van der Waals surface area (Å²) in [7, 11) is 2.10. The zero-order valence-electron chi connectivity index (χ0n) is 12.9. The van der Waals surface area contributed by atoms with Crippen molar-refractivity contribution in [1.82, 2.24) is 0 Å². The van der Waals surface area contributed by atoms with Crippen LogP contribution in [0.2, 0.25) is 0 Å². The lowest BCUT2D eigenvalue weighted by Crippen LogP contribution is -2.30. The van der Waals surface area contributed by atoms with Crippen molar-refractivity contribution in [2.24, 2.45) is 7.05 Å². The molecule has 4 rings (SSSR count). The third-order valence-electron chi connectivity index (χ3n) is 4.42. The molecule has 1 aromatic heterocycles. The van der Waals surface area contributed by atoms with Gasteiger partial charge in [-0.1, -0.05) is 42.5 Å². The fraction of sp³-hybridized carbons (Fsp3) is 0.0952. The first-order valence-corrected chi connectivity index (χ1v) is 7.61. The second kappa shape index (κ2) is 4.96. The number of fused-ring (bicyclic) bond motifs is 3. The molecule has 4 aromatic rings. The lowest BCUT2D eigenvalue weighted by Gasteiger charge is -2.09. The molecule has 3 aromatic carbocycles. The van der Waals surface area contributed by atoms with Gasteiger partial charge >= 0.3 is 0 Å². The predicted octanol–water partition coefficient (Wildman–Crippen LogP) is 4.79. The van der Waals surface area contributed by atoms with E-state index in [9.17, 15) is 0 Å². The van der Waals surface area contributed by atoms with Gasteiger partial charge in [0.2, 0.25) is 5.69 Å². The molecule has 0 aliphatic heterocycles. The number of hydrogen-bond acceptors (Lipinski definition) is 0. The average molecular weight is 284 g/mol. The Kier molecular flexibility index (Phi) is 2.93. The highest BCUT2D eigenvalue weighted by Gasteiger charge is 2.13. The summed E-state index contributed by atoms with van der Waals surface area (Å²) in [5.74, 6) is 0. The number of aryl methyl sites for hydroxylation is 2. The molecular formula is C21H18N+.